The van der Waals surface area contributed by atoms with Crippen LogP contribution in [-0.2, 0) is 0 Å². The monoisotopic (exact) mass is 361 g/mol. The van der Waals surface area contributed by atoms with Crippen LogP contribution in [0, 0.1) is 12.7 Å². The van der Waals surface area contributed by atoms with Crippen LogP contribution in [0.4, 0.5) is 15.2 Å². The summed E-state index contributed by atoms with van der Waals surface area (Å²) in [7, 11) is 0. The number of hydrogen-bond donors (Lipinski definition) is 3. The maximum atomic E-state index is 13.3. The molecule has 25 heavy (non-hydrogen) atoms. The zero-order valence-electron chi connectivity index (χ0n) is 13.4. The van der Waals surface area contributed by atoms with E-state index in [1.165, 1.54) is 11.5 Å². The maximum absolute atomic E-state index is 13.3. The average Bonchev–Trinajstić information content (AvgIpc) is 3.26. The molecule has 3 aromatic heterocycles. The van der Waals surface area contributed by atoms with E-state index in [1.807, 2.05) is 6.92 Å². The van der Waals surface area contributed by atoms with Gasteiger partial charge in [0.25, 0.3) is 5.91 Å². The first kappa shape index (κ1) is 15.9. The topological polar surface area (TPSA) is 110 Å². The van der Waals surface area contributed by atoms with E-state index in [1.54, 1.807) is 0 Å². The first-order chi connectivity index (χ1) is 12.0. The van der Waals surface area contributed by atoms with E-state index in [4.69, 9.17) is 5.73 Å². The summed E-state index contributed by atoms with van der Waals surface area (Å²) >= 11 is 1.23. The van der Waals surface area contributed by atoms with Crippen molar-refractivity contribution in [1.82, 2.24) is 24.3 Å². The van der Waals surface area contributed by atoms with Gasteiger partial charge in [0.1, 0.15) is 10.6 Å². The van der Waals surface area contributed by atoms with Crippen molar-refractivity contribution < 1.29 is 9.18 Å². The van der Waals surface area contributed by atoms with Gasteiger partial charge in [-0.1, -0.05) is 0 Å². The van der Waals surface area contributed by atoms with Crippen molar-refractivity contribution in [1.29, 1.82) is 0 Å². The molecule has 0 saturated carbocycles. The molecule has 0 radical (unpaired) electrons. The molecule has 1 amide bonds. The summed E-state index contributed by atoms with van der Waals surface area (Å²) in [5.74, 6) is -0.999. The number of aromatic nitrogens is 4. The largest absolute Gasteiger partial charge is 0.381 e. The summed E-state index contributed by atoms with van der Waals surface area (Å²) in [5.41, 5.74) is 8.07. The molecule has 130 valence electrons. The van der Waals surface area contributed by atoms with Crippen LogP contribution in [-0.4, -0.2) is 31.4 Å². The molecule has 4 rings (SSSR count). The number of nitrogens with one attached hydrogen (secondary N) is 2. The van der Waals surface area contributed by atoms with Gasteiger partial charge in [-0.25, -0.2) is 13.9 Å². The van der Waals surface area contributed by atoms with Gasteiger partial charge in [0.05, 0.1) is 18.1 Å². The highest BCUT2D eigenvalue weighted by molar-refractivity contribution is 7.10. The lowest BCUT2D eigenvalue weighted by Gasteiger charge is -2.12. The Hall–Kier alpha value is -2.59. The second-order valence-electron chi connectivity index (χ2n) is 5.91. The van der Waals surface area contributed by atoms with Crippen LogP contribution in [0.5, 0.6) is 0 Å². The van der Waals surface area contributed by atoms with Gasteiger partial charge in [0.2, 0.25) is 0 Å². The normalized spacial score (nSPS) is 17.3. The van der Waals surface area contributed by atoms with Crippen molar-refractivity contribution in [2.45, 2.75) is 25.8 Å². The molecular formula is C15H16FN7OS. The van der Waals surface area contributed by atoms with E-state index in [0.29, 0.717) is 5.00 Å². The summed E-state index contributed by atoms with van der Waals surface area (Å²) < 4.78 is 18.8. The van der Waals surface area contributed by atoms with Gasteiger partial charge in [0.15, 0.2) is 17.3 Å². The van der Waals surface area contributed by atoms with Crippen LogP contribution in [0.3, 0.4) is 0 Å². The van der Waals surface area contributed by atoms with Gasteiger partial charge in [-0.15, -0.1) is 5.10 Å². The minimum Gasteiger partial charge on any atom is -0.381 e. The first-order valence-electron chi connectivity index (χ1n) is 7.85. The van der Waals surface area contributed by atoms with Gasteiger partial charge >= 0.3 is 0 Å². The number of carbonyl (C=O) groups excluding carboxylic acids is 1. The van der Waals surface area contributed by atoms with Gasteiger partial charge in [-0.05, 0) is 37.8 Å². The third kappa shape index (κ3) is 2.72. The minimum absolute atomic E-state index is 0.00243. The number of anilines is 2. The molecule has 1 aliphatic rings. The highest BCUT2D eigenvalue weighted by atomic mass is 32.1. The molecule has 10 heteroatoms. The Bertz CT molecular complexity index is 960. The van der Waals surface area contributed by atoms with Crippen molar-refractivity contribution in [3.63, 3.8) is 0 Å². The van der Waals surface area contributed by atoms with Gasteiger partial charge in [0, 0.05) is 11.6 Å². The van der Waals surface area contributed by atoms with Gasteiger partial charge in [-0.2, -0.15) is 4.37 Å². The predicted octanol–water partition coefficient (Wildman–Crippen LogP) is 1.89. The van der Waals surface area contributed by atoms with Crippen molar-refractivity contribution in [3.05, 3.63) is 35.0 Å². The molecule has 8 nitrogen and oxygen atoms in total. The Morgan fingerprint density at radius 2 is 2.40 bits per heavy atom. The fourth-order valence-electron chi connectivity index (χ4n) is 3.12. The number of carbonyl (C=O) groups is 1. The van der Waals surface area contributed by atoms with Crippen LogP contribution in [0.1, 0.15) is 40.5 Å². The lowest BCUT2D eigenvalue weighted by atomic mass is 10.1. The Morgan fingerprint density at radius 1 is 1.56 bits per heavy atom. The molecule has 1 saturated heterocycles. The third-order valence-electron chi connectivity index (χ3n) is 4.24. The molecule has 3 aromatic rings. The third-order valence-corrected chi connectivity index (χ3v) is 5.11. The quantitative estimate of drug-likeness (QED) is 0.657. The van der Waals surface area contributed by atoms with Crippen LogP contribution in [0.2, 0.25) is 0 Å². The molecular weight excluding hydrogens is 345 g/mol. The lowest BCUT2D eigenvalue weighted by molar-refractivity contribution is 0.102. The Morgan fingerprint density at radius 3 is 3.16 bits per heavy atom. The zero-order chi connectivity index (χ0) is 17.6. The second kappa shape index (κ2) is 6.05. The molecule has 1 atom stereocenters. The van der Waals surface area contributed by atoms with E-state index in [2.05, 4.69) is 25.1 Å². The minimum atomic E-state index is -0.561. The van der Waals surface area contributed by atoms with E-state index in [9.17, 15) is 9.18 Å². The molecule has 1 fully saturated rings. The molecule has 1 aliphatic heterocycles. The molecule has 0 bridgehead atoms. The summed E-state index contributed by atoms with van der Waals surface area (Å²) in [6.45, 7) is 2.87. The standard InChI is InChI=1S/C15H16FN7OS/c1-7-10(9-3-2-4-18-9)15(25-22-7)20-14(24)11-12(17)21-23-6-8(16)5-19-13(11)23/h5-6,9,18H,2-4H2,1H3,(H2,17,21)(H,20,24). The van der Waals surface area contributed by atoms with Crippen LogP contribution < -0.4 is 16.4 Å². The average molecular weight is 361 g/mol. The number of aryl methyl sites for hydroxylation is 1. The Balaban J connectivity index is 1.69. The number of halogens is 1. The van der Waals surface area contributed by atoms with E-state index in [-0.39, 0.29) is 23.1 Å². The smallest absolute Gasteiger partial charge is 0.264 e. The summed E-state index contributed by atoms with van der Waals surface area (Å²) in [6.07, 6.45) is 4.24. The number of rotatable bonds is 3. The van der Waals surface area contributed by atoms with Crippen LogP contribution >= 0.6 is 11.5 Å². The molecule has 1 unspecified atom stereocenters. The summed E-state index contributed by atoms with van der Waals surface area (Å²) in [6, 6.07) is 0.183. The number of hydrogen-bond acceptors (Lipinski definition) is 7. The highest BCUT2D eigenvalue weighted by Gasteiger charge is 2.26. The van der Waals surface area contributed by atoms with Crippen molar-refractivity contribution in [2.24, 2.45) is 0 Å². The first-order valence-corrected chi connectivity index (χ1v) is 8.62. The maximum Gasteiger partial charge on any atom is 0.264 e. The SMILES string of the molecule is Cc1nsc(NC(=O)c2c(N)nn3cc(F)cnc23)c1C1CCCN1. The Kier molecular flexibility index (Phi) is 3.85. The fraction of sp³-hybridized carbons (Fsp3) is 0.333. The zero-order valence-corrected chi connectivity index (χ0v) is 14.2. The van der Waals surface area contributed by atoms with Crippen molar-refractivity contribution in [2.75, 3.05) is 17.6 Å². The van der Waals surface area contributed by atoms with Crippen LogP contribution in [0.25, 0.3) is 5.65 Å². The molecule has 4 N–H and O–H groups in total. The highest BCUT2D eigenvalue weighted by Crippen LogP contribution is 2.35. The van der Waals surface area contributed by atoms with Crippen LogP contribution in [0.15, 0.2) is 12.4 Å². The number of nitrogens with zero attached hydrogens (tertiary/aromatic N) is 4. The number of nitrogen functional groups attached to an aromatic ring is 1. The van der Waals surface area contributed by atoms with Crippen molar-refractivity contribution in [3.8, 4) is 0 Å². The number of fused-ring (bicyclic) bond motifs is 1. The Labute approximate surface area is 146 Å². The summed E-state index contributed by atoms with van der Waals surface area (Å²) in [4.78, 5) is 16.7. The fourth-order valence-corrected chi connectivity index (χ4v) is 3.97. The van der Waals surface area contributed by atoms with E-state index >= 15 is 0 Å². The summed E-state index contributed by atoms with van der Waals surface area (Å²) in [5, 5.41) is 10.9. The predicted molar refractivity (Wildman–Crippen MR) is 92.1 cm³/mol. The molecule has 0 aliphatic carbocycles. The molecule has 0 spiro atoms. The van der Waals surface area contributed by atoms with E-state index < -0.39 is 11.7 Å². The van der Waals surface area contributed by atoms with Gasteiger partial charge < -0.3 is 16.4 Å². The number of nitrogens with two attached hydrogens (primary N) is 1. The van der Waals surface area contributed by atoms with Gasteiger partial charge in [-0.3, -0.25) is 4.79 Å². The second-order valence-corrected chi connectivity index (χ2v) is 6.69. The number of amides is 1. The lowest BCUT2D eigenvalue weighted by Crippen LogP contribution is -2.18. The van der Waals surface area contributed by atoms with Crippen molar-refractivity contribution >= 4 is 33.9 Å². The molecule has 4 heterocycles. The molecule has 0 aromatic carbocycles. The van der Waals surface area contributed by atoms with E-state index in [0.717, 1.165) is 47.6 Å².